The summed E-state index contributed by atoms with van der Waals surface area (Å²) in [6, 6.07) is 12.4. The van der Waals surface area contributed by atoms with Crippen molar-refractivity contribution in [3.63, 3.8) is 0 Å². The Bertz CT molecular complexity index is 1150. The van der Waals surface area contributed by atoms with Crippen LogP contribution in [0.3, 0.4) is 0 Å². The lowest BCUT2D eigenvalue weighted by Crippen LogP contribution is -2.34. The lowest BCUT2D eigenvalue weighted by molar-refractivity contribution is -0.178. The second-order valence-electron chi connectivity index (χ2n) is 10.2. The van der Waals surface area contributed by atoms with E-state index in [0.29, 0.717) is 5.06 Å². The van der Waals surface area contributed by atoms with Crippen LogP contribution in [-0.4, -0.2) is 55.3 Å². The molecular weight excluding hydrogens is 474 g/mol. The fourth-order valence-electron chi connectivity index (χ4n) is 5.85. The third-order valence-electron chi connectivity index (χ3n) is 7.75. The molecule has 2 aromatic rings. The average molecular weight is 506 g/mol. The van der Waals surface area contributed by atoms with Gasteiger partial charge in [-0.3, -0.25) is 14.4 Å². The molecule has 4 heterocycles. The molecule has 3 saturated heterocycles. The Morgan fingerprint density at radius 2 is 1.32 bits per heavy atom. The van der Waals surface area contributed by atoms with Crippen molar-refractivity contribution in [2.75, 3.05) is 36.0 Å². The van der Waals surface area contributed by atoms with E-state index in [9.17, 15) is 14.4 Å². The van der Waals surface area contributed by atoms with E-state index in [1.165, 1.54) is 25.7 Å². The molecule has 0 aliphatic carbocycles. The molecule has 0 N–H and O–H groups in total. The van der Waals surface area contributed by atoms with E-state index in [2.05, 4.69) is 34.1 Å². The fraction of sp³-hybridized carbons (Fsp3) is 0.464. The van der Waals surface area contributed by atoms with Crippen molar-refractivity contribution in [3.8, 4) is 11.5 Å². The van der Waals surface area contributed by atoms with Crippen molar-refractivity contribution in [2.45, 2.75) is 57.5 Å². The number of fused-ring (bicyclic) bond motifs is 2. The number of carbonyl (C=O) groups excluding carboxylic acids is 3. The van der Waals surface area contributed by atoms with Gasteiger partial charge in [-0.15, -0.1) is 0 Å². The summed E-state index contributed by atoms with van der Waals surface area (Å²) >= 11 is 0. The van der Waals surface area contributed by atoms with Gasteiger partial charge in [0.15, 0.2) is 0 Å². The average Bonchev–Trinajstić information content (AvgIpc) is 3.67. The number of nitrogens with zero attached hydrogens (tertiary/aromatic N) is 3. The number of amides is 2. The second-order valence-corrected chi connectivity index (χ2v) is 10.2. The highest BCUT2D eigenvalue weighted by atomic mass is 16.8. The Hall–Kier alpha value is -3.75. The molecule has 9 heteroatoms. The SMILES string of the molecule is CC(OC(=O)ON1C(=O)CCC1=O)C1c2ccc(N3CCCC3)cc2Oc2cc(N3CCCC3)ccc21. The van der Waals surface area contributed by atoms with E-state index >= 15 is 0 Å². The van der Waals surface area contributed by atoms with Crippen LogP contribution < -0.4 is 14.5 Å². The minimum Gasteiger partial charge on any atom is -0.457 e. The number of ether oxygens (including phenoxy) is 2. The monoisotopic (exact) mass is 505 g/mol. The van der Waals surface area contributed by atoms with Crippen LogP contribution in [0.4, 0.5) is 16.2 Å². The maximum absolute atomic E-state index is 12.6. The predicted octanol–water partition coefficient (Wildman–Crippen LogP) is 4.73. The van der Waals surface area contributed by atoms with E-state index in [-0.39, 0.29) is 18.8 Å². The van der Waals surface area contributed by atoms with Gasteiger partial charge in [0.05, 0.1) is 5.92 Å². The Balaban J connectivity index is 1.30. The minimum absolute atomic E-state index is 0.0289. The summed E-state index contributed by atoms with van der Waals surface area (Å²) in [7, 11) is 0. The van der Waals surface area contributed by atoms with E-state index in [1.54, 1.807) is 6.92 Å². The van der Waals surface area contributed by atoms with Gasteiger partial charge < -0.3 is 19.3 Å². The first-order chi connectivity index (χ1) is 18.0. The maximum Gasteiger partial charge on any atom is 0.534 e. The molecule has 0 spiro atoms. The first-order valence-electron chi connectivity index (χ1n) is 13.2. The summed E-state index contributed by atoms with van der Waals surface area (Å²) in [5.74, 6) is 0.0976. The Morgan fingerprint density at radius 1 is 0.838 bits per heavy atom. The largest absolute Gasteiger partial charge is 0.534 e. The number of hydroxylamine groups is 2. The molecule has 1 atom stereocenters. The molecule has 9 nitrogen and oxygen atoms in total. The van der Waals surface area contributed by atoms with Crippen LogP contribution in [0.1, 0.15) is 62.5 Å². The zero-order chi connectivity index (χ0) is 25.5. The van der Waals surface area contributed by atoms with E-state index < -0.39 is 24.1 Å². The standard InChI is InChI=1S/C28H31N3O6/c1-18(35-28(34)37-31-25(32)10-11-26(31)33)27-21-8-6-19(29-12-2-3-13-29)16-23(21)36-24-17-20(7-9-22(24)27)30-14-4-5-15-30/h6-9,16-18,27H,2-5,10-15H2,1H3. The van der Waals surface area contributed by atoms with Crippen LogP contribution in [-0.2, 0) is 19.2 Å². The molecule has 3 fully saturated rings. The van der Waals surface area contributed by atoms with Gasteiger partial charge in [0.25, 0.3) is 11.8 Å². The summed E-state index contributed by atoms with van der Waals surface area (Å²) in [5, 5.41) is 0.506. The number of rotatable bonds is 5. The Morgan fingerprint density at radius 3 is 1.81 bits per heavy atom. The van der Waals surface area contributed by atoms with Crippen molar-refractivity contribution in [3.05, 3.63) is 47.5 Å². The topological polar surface area (TPSA) is 88.6 Å². The fourth-order valence-corrected chi connectivity index (χ4v) is 5.85. The van der Waals surface area contributed by atoms with Gasteiger partial charge in [0, 0.05) is 73.7 Å². The zero-order valence-corrected chi connectivity index (χ0v) is 21.0. The van der Waals surface area contributed by atoms with Crippen LogP contribution in [0.25, 0.3) is 0 Å². The molecule has 6 rings (SSSR count). The summed E-state index contributed by atoms with van der Waals surface area (Å²) in [4.78, 5) is 46.0. The molecule has 0 radical (unpaired) electrons. The van der Waals surface area contributed by atoms with Gasteiger partial charge in [0.1, 0.15) is 17.6 Å². The Kier molecular flexibility index (Phi) is 6.14. The number of benzene rings is 2. The highest BCUT2D eigenvalue weighted by Crippen LogP contribution is 2.49. The molecule has 194 valence electrons. The number of carbonyl (C=O) groups is 3. The van der Waals surface area contributed by atoms with Gasteiger partial charge >= 0.3 is 6.16 Å². The van der Waals surface area contributed by atoms with Crippen molar-refractivity contribution < 1.29 is 28.7 Å². The number of imide groups is 1. The molecule has 1 unspecified atom stereocenters. The minimum atomic E-state index is -1.08. The molecule has 4 aliphatic heterocycles. The normalized spacial score (nSPS) is 20.1. The third-order valence-corrected chi connectivity index (χ3v) is 7.75. The molecule has 0 saturated carbocycles. The summed E-state index contributed by atoms with van der Waals surface area (Å²) in [5.41, 5.74) is 4.07. The van der Waals surface area contributed by atoms with E-state index in [4.69, 9.17) is 14.3 Å². The first kappa shape index (κ1) is 23.6. The second kappa shape index (κ2) is 9.61. The van der Waals surface area contributed by atoms with Crippen molar-refractivity contribution in [1.29, 1.82) is 0 Å². The predicted molar refractivity (Wildman–Crippen MR) is 136 cm³/mol. The zero-order valence-electron chi connectivity index (χ0n) is 21.0. The van der Waals surface area contributed by atoms with Crippen molar-refractivity contribution in [2.24, 2.45) is 0 Å². The Labute approximate surface area is 215 Å². The van der Waals surface area contributed by atoms with Gasteiger partial charge in [-0.05, 0) is 44.7 Å². The quantitative estimate of drug-likeness (QED) is 0.426. The molecule has 37 heavy (non-hydrogen) atoms. The molecule has 4 aliphatic rings. The molecular formula is C28H31N3O6. The maximum atomic E-state index is 12.6. The highest BCUT2D eigenvalue weighted by Gasteiger charge is 2.37. The molecule has 2 aromatic carbocycles. The van der Waals surface area contributed by atoms with Crippen LogP contribution >= 0.6 is 0 Å². The molecule has 0 aromatic heterocycles. The van der Waals surface area contributed by atoms with Crippen LogP contribution in [0.15, 0.2) is 36.4 Å². The summed E-state index contributed by atoms with van der Waals surface area (Å²) in [6.45, 7) is 5.89. The number of anilines is 2. The van der Waals surface area contributed by atoms with E-state index in [0.717, 1.165) is 60.2 Å². The van der Waals surface area contributed by atoms with Crippen molar-refractivity contribution in [1.82, 2.24) is 5.06 Å². The van der Waals surface area contributed by atoms with Crippen molar-refractivity contribution >= 4 is 29.3 Å². The summed E-state index contributed by atoms with van der Waals surface area (Å²) in [6.07, 6.45) is 3.05. The first-order valence-corrected chi connectivity index (χ1v) is 13.2. The lowest BCUT2D eigenvalue weighted by atomic mass is 9.84. The molecule has 0 bridgehead atoms. The van der Waals surface area contributed by atoms with Crippen LogP contribution in [0, 0.1) is 0 Å². The van der Waals surface area contributed by atoms with E-state index in [1.807, 2.05) is 12.1 Å². The highest BCUT2D eigenvalue weighted by molar-refractivity contribution is 6.01. The lowest BCUT2D eigenvalue weighted by Gasteiger charge is -2.33. The summed E-state index contributed by atoms with van der Waals surface area (Å²) < 4.78 is 12.1. The van der Waals surface area contributed by atoms with Crippen LogP contribution in [0.5, 0.6) is 11.5 Å². The molecule has 2 amide bonds. The van der Waals surface area contributed by atoms with Gasteiger partial charge in [-0.25, -0.2) is 4.79 Å². The number of hydrogen-bond acceptors (Lipinski definition) is 8. The number of hydrogen-bond donors (Lipinski definition) is 0. The van der Waals surface area contributed by atoms with Gasteiger partial charge in [-0.2, -0.15) is 0 Å². The van der Waals surface area contributed by atoms with Crippen LogP contribution in [0.2, 0.25) is 0 Å². The third kappa shape index (κ3) is 4.47. The smallest absolute Gasteiger partial charge is 0.457 e. The van der Waals surface area contributed by atoms with Gasteiger partial charge in [-0.1, -0.05) is 17.2 Å². The van der Waals surface area contributed by atoms with Gasteiger partial charge in [0.2, 0.25) is 0 Å².